The van der Waals surface area contributed by atoms with Crippen LogP contribution in [0.1, 0.15) is 19.0 Å². The van der Waals surface area contributed by atoms with Gasteiger partial charge in [0.25, 0.3) is 0 Å². The maximum absolute atomic E-state index is 11.8. The van der Waals surface area contributed by atoms with Crippen molar-refractivity contribution >= 4 is 5.91 Å². The fourth-order valence-corrected chi connectivity index (χ4v) is 1.41. The van der Waals surface area contributed by atoms with E-state index in [9.17, 15) is 4.79 Å². The van der Waals surface area contributed by atoms with Crippen molar-refractivity contribution in [1.82, 2.24) is 15.1 Å². The van der Waals surface area contributed by atoms with Gasteiger partial charge in [-0.05, 0) is 12.5 Å². The molecule has 0 saturated heterocycles. The Bertz CT molecular complexity index is 279. The van der Waals surface area contributed by atoms with E-state index >= 15 is 0 Å². The van der Waals surface area contributed by atoms with Gasteiger partial charge in [-0.3, -0.25) is 9.89 Å². The molecule has 0 unspecified atom stereocenters. The molecule has 1 heterocycles. The lowest BCUT2D eigenvalue weighted by atomic mass is 10.2. The largest absolute Gasteiger partial charge is 0.395 e. The van der Waals surface area contributed by atoms with E-state index in [1.54, 1.807) is 17.2 Å². The molecule has 15 heavy (non-hydrogen) atoms. The summed E-state index contributed by atoms with van der Waals surface area (Å²) in [5, 5.41) is 15.4. The highest BCUT2D eigenvalue weighted by Gasteiger charge is 2.12. The number of carbonyl (C=O) groups excluding carboxylic acids is 1. The molecule has 0 spiro atoms. The number of carbonyl (C=O) groups is 1. The van der Waals surface area contributed by atoms with Crippen molar-refractivity contribution in [2.24, 2.45) is 0 Å². The van der Waals surface area contributed by atoms with E-state index in [2.05, 4.69) is 10.2 Å². The summed E-state index contributed by atoms with van der Waals surface area (Å²) < 4.78 is 0. The fraction of sp³-hybridized carbons (Fsp3) is 0.600. The molecule has 1 aromatic rings. The number of nitrogens with zero attached hydrogens (tertiary/aromatic N) is 2. The summed E-state index contributed by atoms with van der Waals surface area (Å²) in [6.45, 7) is 3.11. The van der Waals surface area contributed by atoms with Crippen molar-refractivity contribution in [1.29, 1.82) is 0 Å². The molecule has 0 saturated carbocycles. The standard InChI is InChI=1S/C10H17N3O2/c1-2-5-13(6-7-14)10(15)8-9-3-4-11-12-9/h3-4,14H,2,5-8H2,1H3,(H,11,12). The van der Waals surface area contributed by atoms with Gasteiger partial charge >= 0.3 is 0 Å². The number of hydrogen-bond donors (Lipinski definition) is 2. The van der Waals surface area contributed by atoms with Gasteiger partial charge in [0.2, 0.25) is 5.91 Å². The molecule has 0 aliphatic carbocycles. The number of aliphatic hydroxyl groups is 1. The highest BCUT2D eigenvalue weighted by atomic mass is 16.3. The first kappa shape index (κ1) is 11.7. The van der Waals surface area contributed by atoms with Crippen LogP contribution in [0.25, 0.3) is 0 Å². The fourth-order valence-electron chi connectivity index (χ4n) is 1.41. The van der Waals surface area contributed by atoms with E-state index in [-0.39, 0.29) is 12.5 Å². The third kappa shape index (κ3) is 3.71. The molecule has 1 aromatic heterocycles. The Balaban J connectivity index is 2.48. The van der Waals surface area contributed by atoms with Crippen molar-refractivity contribution in [2.45, 2.75) is 19.8 Å². The molecule has 5 nitrogen and oxygen atoms in total. The molecule has 0 bridgehead atoms. The Hall–Kier alpha value is -1.36. The Morgan fingerprint density at radius 1 is 1.60 bits per heavy atom. The third-order valence-electron chi connectivity index (χ3n) is 2.12. The number of H-pyrrole nitrogens is 1. The normalized spacial score (nSPS) is 10.3. The van der Waals surface area contributed by atoms with Crippen LogP contribution < -0.4 is 0 Å². The quantitative estimate of drug-likeness (QED) is 0.705. The average molecular weight is 211 g/mol. The first-order valence-electron chi connectivity index (χ1n) is 5.14. The maximum Gasteiger partial charge on any atom is 0.228 e. The summed E-state index contributed by atoms with van der Waals surface area (Å²) in [4.78, 5) is 13.4. The predicted octanol–water partition coefficient (Wildman–Crippen LogP) is 0.183. The lowest BCUT2D eigenvalue weighted by Crippen LogP contribution is -2.35. The number of aromatic nitrogens is 2. The predicted molar refractivity (Wildman–Crippen MR) is 56.2 cm³/mol. The van der Waals surface area contributed by atoms with Gasteiger partial charge in [-0.25, -0.2) is 0 Å². The molecular weight excluding hydrogens is 194 g/mol. The summed E-state index contributed by atoms with van der Waals surface area (Å²) in [5.41, 5.74) is 0.805. The van der Waals surface area contributed by atoms with E-state index in [0.29, 0.717) is 19.5 Å². The molecule has 84 valence electrons. The Morgan fingerprint density at radius 3 is 2.93 bits per heavy atom. The second-order valence-electron chi connectivity index (χ2n) is 3.36. The minimum absolute atomic E-state index is 0.00865. The Morgan fingerprint density at radius 2 is 2.40 bits per heavy atom. The lowest BCUT2D eigenvalue weighted by molar-refractivity contribution is -0.131. The summed E-state index contributed by atoms with van der Waals surface area (Å²) >= 11 is 0. The van der Waals surface area contributed by atoms with E-state index in [0.717, 1.165) is 12.1 Å². The molecule has 0 aliphatic rings. The molecule has 0 aromatic carbocycles. The molecule has 0 aliphatic heterocycles. The van der Waals surface area contributed by atoms with Crippen LogP contribution in [0.5, 0.6) is 0 Å². The van der Waals surface area contributed by atoms with Gasteiger partial charge in [0.15, 0.2) is 0 Å². The number of aliphatic hydroxyl groups excluding tert-OH is 1. The highest BCUT2D eigenvalue weighted by Crippen LogP contribution is 2.00. The van der Waals surface area contributed by atoms with Crippen molar-refractivity contribution < 1.29 is 9.90 Å². The highest BCUT2D eigenvalue weighted by molar-refractivity contribution is 5.78. The summed E-state index contributed by atoms with van der Waals surface area (Å²) in [7, 11) is 0. The van der Waals surface area contributed by atoms with E-state index < -0.39 is 0 Å². The zero-order valence-corrected chi connectivity index (χ0v) is 8.94. The van der Waals surface area contributed by atoms with Crippen molar-refractivity contribution in [3.05, 3.63) is 18.0 Å². The topological polar surface area (TPSA) is 69.2 Å². The number of rotatable bonds is 6. The molecular formula is C10H17N3O2. The number of nitrogens with one attached hydrogen (secondary N) is 1. The van der Waals surface area contributed by atoms with Crippen molar-refractivity contribution in [2.75, 3.05) is 19.7 Å². The Kier molecular flexibility index (Phi) is 4.83. The van der Waals surface area contributed by atoms with Gasteiger partial charge in [0.1, 0.15) is 0 Å². The average Bonchev–Trinajstić information content (AvgIpc) is 2.70. The smallest absolute Gasteiger partial charge is 0.228 e. The lowest BCUT2D eigenvalue weighted by Gasteiger charge is -2.20. The van der Waals surface area contributed by atoms with Crippen LogP contribution in [0.4, 0.5) is 0 Å². The van der Waals surface area contributed by atoms with Gasteiger partial charge in [0.05, 0.1) is 13.0 Å². The third-order valence-corrected chi connectivity index (χ3v) is 2.12. The molecule has 5 heteroatoms. The number of aromatic amines is 1. The van der Waals surface area contributed by atoms with E-state index in [4.69, 9.17) is 5.11 Å². The van der Waals surface area contributed by atoms with Crippen LogP contribution in [0, 0.1) is 0 Å². The number of amides is 1. The van der Waals surface area contributed by atoms with Gasteiger partial charge in [-0.15, -0.1) is 0 Å². The zero-order valence-electron chi connectivity index (χ0n) is 8.94. The molecule has 0 radical (unpaired) electrons. The van der Waals surface area contributed by atoms with Gasteiger partial charge < -0.3 is 10.0 Å². The maximum atomic E-state index is 11.8. The van der Waals surface area contributed by atoms with Crippen LogP contribution in [-0.2, 0) is 11.2 Å². The van der Waals surface area contributed by atoms with Crippen LogP contribution in [0.2, 0.25) is 0 Å². The molecule has 2 N–H and O–H groups in total. The van der Waals surface area contributed by atoms with Gasteiger partial charge in [-0.1, -0.05) is 6.92 Å². The first-order chi connectivity index (χ1) is 7.27. The zero-order chi connectivity index (χ0) is 11.1. The molecule has 1 amide bonds. The van der Waals surface area contributed by atoms with Crippen LogP contribution in [0.15, 0.2) is 12.3 Å². The first-order valence-corrected chi connectivity index (χ1v) is 5.14. The molecule has 1 rings (SSSR count). The monoisotopic (exact) mass is 211 g/mol. The summed E-state index contributed by atoms with van der Waals surface area (Å²) in [6.07, 6.45) is 2.84. The number of hydrogen-bond acceptors (Lipinski definition) is 3. The van der Waals surface area contributed by atoms with Crippen LogP contribution in [-0.4, -0.2) is 45.8 Å². The van der Waals surface area contributed by atoms with Gasteiger partial charge in [0, 0.05) is 25.0 Å². The second kappa shape index (κ2) is 6.19. The Labute approximate surface area is 89.1 Å². The van der Waals surface area contributed by atoms with Crippen LogP contribution in [0.3, 0.4) is 0 Å². The van der Waals surface area contributed by atoms with Crippen LogP contribution >= 0.6 is 0 Å². The minimum Gasteiger partial charge on any atom is -0.395 e. The minimum atomic E-state index is 0.00865. The molecule has 0 fully saturated rings. The van der Waals surface area contributed by atoms with Crippen molar-refractivity contribution in [3.63, 3.8) is 0 Å². The summed E-state index contributed by atoms with van der Waals surface area (Å²) in [5.74, 6) is 0.0233. The van der Waals surface area contributed by atoms with Gasteiger partial charge in [-0.2, -0.15) is 5.10 Å². The second-order valence-corrected chi connectivity index (χ2v) is 3.36. The van der Waals surface area contributed by atoms with E-state index in [1.165, 1.54) is 0 Å². The summed E-state index contributed by atoms with van der Waals surface area (Å²) in [6, 6.07) is 1.78. The van der Waals surface area contributed by atoms with E-state index in [1.807, 2.05) is 6.92 Å². The van der Waals surface area contributed by atoms with Crippen molar-refractivity contribution in [3.8, 4) is 0 Å². The SMILES string of the molecule is CCCN(CCO)C(=O)Cc1ccn[nH]1. The molecule has 0 atom stereocenters.